The average molecular weight is 415 g/mol. The molecule has 0 unspecified atom stereocenters. The fourth-order valence-corrected chi connectivity index (χ4v) is 8.42. The van der Waals surface area contributed by atoms with E-state index in [1.165, 1.54) is 17.2 Å². The van der Waals surface area contributed by atoms with Gasteiger partial charge in [0.1, 0.15) is 11.5 Å². The molecule has 1 aromatic rings. The molecule has 0 saturated carbocycles. The van der Waals surface area contributed by atoms with Gasteiger partial charge >= 0.3 is 0 Å². The molecule has 0 saturated heterocycles. The SMILES string of the molecule is CC(=O)CCC/C=C1/C(O[Si](C)(C)C)=C[C@H](C)C[C@H]1[Si](C)(C)c1ccccc1. The summed E-state index contributed by atoms with van der Waals surface area (Å²) in [5.74, 6) is 1.93. The van der Waals surface area contributed by atoms with Gasteiger partial charge in [0.25, 0.3) is 0 Å². The van der Waals surface area contributed by atoms with Crippen LogP contribution in [0.2, 0.25) is 38.3 Å². The molecule has 1 aliphatic carbocycles. The molecule has 154 valence electrons. The highest BCUT2D eigenvalue weighted by atomic mass is 28.4. The lowest BCUT2D eigenvalue weighted by atomic mass is 9.91. The number of Topliss-reactive ketones (excluding diaryl/α,β-unsaturated/α-hetero) is 1. The molecule has 1 aliphatic rings. The molecule has 2 atom stereocenters. The number of allylic oxidation sites excluding steroid dienone is 3. The summed E-state index contributed by atoms with van der Waals surface area (Å²) in [4.78, 5) is 11.4. The maximum atomic E-state index is 11.4. The topological polar surface area (TPSA) is 26.3 Å². The van der Waals surface area contributed by atoms with Crippen LogP contribution in [-0.2, 0) is 9.22 Å². The van der Waals surface area contributed by atoms with Crippen molar-refractivity contribution in [2.45, 2.75) is 77.8 Å². The number of unbranched alkanes of at least 4 members (excludes halogenated alkanes) is 1. The molecular formula is C24H38O2Si2. The molecule has 4 heteroatoms. The predicted octanol–water partition coefficient (Wildman–Crippen LogP) is 6.43. The Morgan fingerprint density at radius 1 is 1.14 bits per heavy atom. The molecular weight excluding hydrogens is 376 g/mol. The van der Waals surface area contributed by atoms with Gasteiger partial charge in [0.2, 0.25) is 8.32 Å². The molecule has 28 heavy (non-hydrogen) atoms. The van der Waals surface area contributed by atoms with Crippen LogP contribution in [0.5, 0.6) is 0 Å². The number of rotatable bonds is 8. The van der Waals surface area contributed by atoms with Crippen LogP contribution < -0.4 is 5.19 Å². The summed E-state index contributed by atoms with van der Waals surface area (Å²) < 4.78 is 6.59. The van der Waals surface area contributed by atoms with Crippen molar-refractivity contribution in [3.63, 3.8) is 0 Å². The van der Waals surface area contributed by atoms with E-state index in [0.717, 1.165) is 18.6 Å². The fourth-order valence-electron chi connectivity index (χ4n) is 4.12. The maximum absolute atomic E-state index is 11.4. The quantitative estimate of drug-likeness (QED) is 0.362. The first kappa shape index (κ1) is 22.9. The minimum atomic E-state index is -1.72. The van der Waals surface area contributed by atoms with Gasteiger partial charge in [-0.2, -0.15) is 0 Å². The third-order valence-corrected chi connectivity index (χ3v) is 10.5. The Kier molecular flexibility index (Phi) is 7.68. The molecule has 0 heterocycles. The highest BCUT2D eigenvalue weighted by molar-refractivity contribution is 6.91. The Morgan fingerprint density at radius 2 is 1.79 bits per heavy atom. The van der Waals surface area contributed by atoms with Gasteiger partial charge in [-0.15, -0.1) is 0 Å². The predicted molar refractivity (Wildman–Crippen MR) is 126 cm³/mol. The zero-order valence-corrected chi connectivity index (χ0v) is 20.8. The largest absolute Gasteiger partial charge is 0.544 e. The monoisotopic (exact) mass is 414 g/mol. The molecule has 0 bridgehead atoms. The summed E-state index contributed by atoms with van der Waals surface area (Å²) in [6.45, 7) is 15.8. The van der Waals surface area contributed by atoms with E-state index >= 15 is 0 Å². The number of carbonyl (C=O) groups excluding carboxylic acids is 1. The minimum absolute atomic E-state index is 0.278. The first-order chi connectivity index (χ1) is 13.0. The lowest BCUT2D eigenvalue weighted by Gasteiger charge is -2.41. The fraction of sp³-hybridized carbons (Fsp3) is 0.542. The molecule has 2 rings (SSSR count). The highest BCUT2D eigenvalue weighted by Crippen LogP contribution is 2.45. The van der Waals surface area contributed by atoms with E-state index in [9.17, 15) is 4.79 Å². The third kappa shape index (κ3) is 6.31. The van der Waals surface area contributed by atoms with Gasteiger partial charge < -0.3 is 9.22 Å². The van der Waals surface area contributed by atoms with Gasteiger partial charge in [-0.05, 0) is 68.9 Å². The zero-order valence-electron chi connectivity index (χ0n) is 18.8. The lowest BCUT2D eigenvalue weighted by Crippen LogP contribution is -2.48. The van der Waals surface area contributed by atoms with Crippen molar-refractivity contribution in [2.24, 2.45) is 5.92 Å². The summed E-state index contributed by atoms with van der Waals surface area (Å²) in [7, 11) is -3.42. The summed E-state index contributed by atoms with van der Waals surface area (Å²) in [6, 6.07) is 11.1. The van der Waals surface area contributed by atoms with E-state index in [4.69, 9.17) is 4.43 Å². The Morgan fingerprint density at radius 3 is 2.36 bits per heavy atom. The molecule has 0 radical (unpaired) electrons. The smallest absolute Gasteiger partial charge is 0.242 e. The Balaban J connectivity index is 2.41. The van der Waals surface area contributed by atoms with Crippen molar-refractivity contribution in [1.82, 2.24) is 0 Å². The second-order valence-electron chi connectivity index (χ2n) is 9.85. The average Bonchev–Trinajstić information content (AvgIpc) is 2.58. The van der Waals surface area contributed by atoms with Crippen molar-refractivity contribution < 1.29 is 9.22 Å². The number of ketones is 1. The molecule has 2 nitrogen and oxygen atoms in total. The first-order valence-electron chi connectivity index (χ1n) is 10.7. The van der Waals surface area contributed by atoms with Gasteiger partial charge in [-0.3, -0.25) is 0 Å². The van der Waals surface area contributed by atoms with E-state index in [2.05, 4.69) is 82.1 Å². The zero-order chi connectivity index (χ0) is 20.9. The van der Waals surface area contributed by atoms with Gasteiger partial charge in [-0.25, -0.2) is 0 Å². The minimum Gasteiger partial charge on any atom is -0.544 e. The van der Waals surface area contributed by atoms with Crippen molar-refractivity contribution >= 4 is 27.4 Å². The summed E-state index contributed by atoms with van der Waals surface area (Å²) in [6.07, 6.45) is 8.47. The van der Waals surface area contributed by atoms with Crippen molar-refractivity contribution in [3.05, 3.63) is 53.8 Å². The van der Waals surface area contributed by atoms with Crippen molar-refractivity contribution in [3.8, 4) is 0 Å². The summed E-state index contributed by atoms with van der Waals surface area (Å²) >= 11 is 0. The third-order valence-electron chi connectivity index (χ3n) is 5.61. The lowest BCUT2D eigenvalue weighted by molar-refractivity contribution is -0.117. The molecule has 0 amide bonds. The second-order valence-corrected chi connectivity index (χ2v) is 19.0. The van der Waals surface area contributed by atoms with Crippen LogP contribution in [-0.4, -0.2) is 22.2 Å². The summed E-state index contributed by atoms with van der Waals surface area (Å²) in [5, 5.41) is 1.51. The maximum Gasteiger partial charge on any atom is 0.242 e. The Hall–Kier alpha value is -1.40. The number of hydrogen-bond donors (Lipinski definition) is 0. The van der Waals surface area contributed by atoms with Crippen LogP contribution >= 0.6 is 0 Å². The van der Waals surface area contributed by atoms with Gasteiger partial charge in [0.05, 0.1) is 8.07 Å². The van der Waals surface area contributed by atoms with E-state index in [0.29, 0.717) is 17.9 Å². The summed E-state index contributed by atoms with van der Waals surface area (Å²) in [5.41, 5.74) is 1.95. The molecule has 0 N–H and O–H groups in total. The second kappa shape index (κ2) is 9.40. The molecule has 0 aliphatic heterocycles. The van der Waals surface area contributed by atoms with E-state index in [-0.39, 0.29) is 5.78 Å². The molecule has 0 aromatic heterocycles. The van der Waals surface area contributed by atoms with Crippen LogP contribution in [0.4, 0.5) is 0 Å². The Labute approximate surface area is 174 Å². The number of hydrogen-bond acceptors (Lipinski definition) is 2. The van der Waals surface area contributed by atoms with Crippen molar-refractivity contribution in [2.75, 3.05) is 0 Å². The standard InChI is InChI=1S/C24H38O2Si2/c1-19-17-23(26-27(3,4)5)22(16-12-11-13-20(2)25)24(18-19)28(6,7)21-14-9-8-10-15-21/h8-10,14-17,19,24H,11-13,18H2,1-7H3/b22-16-/t19-,24+/m0/s1. The van der Waals surface area contributed by atoms with Gasteiger partial charge in [0.15, 0.2) is 0 Å². The Bertz CT molecular complexity index is 727. The van der Waals surface area contributed by atoms with E-state index in [1.807, 2.05) is 0 Å². The molecule has 0 spiro atoms. The van der Waals surface area contributed by atoms with E-state index < -0.39 is 16.4 Å². The number of benzene rings is 1. The molecule has 0 fully saturated rings. The van der Waals surface area contributed by atoms with Crippen molar-refractivity contribution in [1.29, 1.82) is 0 Å². The van der Waals surface area contributed by atoms with E-state index in [1.54, 1.807) is 6.92 Å². The number of carbonyl (C=O) groups is 1. The van der Waals surface area contributed by atoms with Crippen LogP contribution in [0.3, 0.4) is 0 Å². The van der Waals surface area contributed by atoms with Gasteiger partial charge in [0, 0.05) is 6.42 Å². The van der Waals surface area contributed by atoms with Crippen LogP contribution in [0, 0.1) is 5.92 Å². The normalized spacial score (nSPS) is 22.1. The van der Waals surface area contributed by atoms with Gasteiger partial charge in [-0.1, -0.05) is 61.6 Å². The highest BCUT2D eigenvalue weighted by Gasteiger charge is 2.40. The van der Waals surface area contributed by atoms with Crippen LogP contribution in [0.15, 0.2) is 53.8 Å². The van der Waals surface area contributed by atoms with Crippen LogP contribution in [0.1, 0.15) is 39.5 Å². The first-order valence-corrected chi connectivity index (χ1v) is 17.2. The molecule has 1 aromatic carbocycles. The van der Waals surface area contributed by atoms with Crippen LogP contribution in [0.25, 0.3) is 0 Å².